The molecular weight excluding hydrogens is 371 g/mol. The van der Waals surface area contributed by atoms with Crippen LogP contribution in [-0.4, -0.2) is 30.4 Å². The number of primary amides is 1. The van der Waals surface area contributed by atoms with Crippen molar-refractivity contribution in [1.82, 2.24) is 4.90 Å². The van der Waals surface area contributed by atoms with Crippen molar-refractivity contribution < 1.29 is 18.7 Å². The molecule has 3 aromatic rings. The minimum Gasteiger partial charge on any atom is -0.497 e. The van der Waals surface area contributed by atoms with Gasteiger partial charge in [0.25, 0.3) is 5.91 Å². The summed E-state index contributed by atoms with van der Waals surface area (Å²) in [7, 11) is 1.47. The van der Waals surface area contributed by atoms with E-state index in [-0.39, 0.29) is 18.7 Å². The normalized spacial score (nSPS) is 9.72. The minimum atomic E-state index is -0.669. The predicted octanol–water partition coefficient (Wildman–Crippen LogP) is 3.65. The predicted molar refractivity (Wildman–Crippen MR) is 110 cm³/mol. The van der Waals surface area contributed by atoms with E-state index < -0.39 is 17.6 Å². The first-order valence-electron chi connectivity index (χ1n) is 8.96. The van der Waals surface area contributed by atoms with E-state index in [1.54, 1.807) is 30.3 Å². The van der Waals surface area contributed by atoms with E-state index in [1.165, 1.54) is 30.2 Å². The highest BCUT2D eigenvalue weighted by molar-refractivity contribution is 5.96. The number of carbonyl (C=O) groups is 2. The van der Waals surface area contributed by atoms with Crippen molar-refractivity contribution in [3.63, 3.8) is 0 Å². The largest absolute Gasteiger partial charge is 0.497 e. The Kier molecular flexibility index (Phi) is 8.38. The number of rotatable bonds is 6. The number of carbonyl (C=O) groups excluding carboxylic acids is 2. The van der Waals surface area contributed by atoms with Crippen LogP contribution in [-0.2, 0) is 11.3 Å². The van der Waals surface area contributed by atoms with Gasteiger partial charge in [0.2, 0.25) is 5.91 Å². The highest BCUT2D eigenvalue weighted by Gasteiger charge is 2.19. The molecule has 5 nitrogen and oxygen atoms in total. The van der Waals surface area contributed by atoms with E-state index in [0.29, 0.717) is 11.3 Å². The zero-order valence-electron chi connectivity index (χ0n) is 16.1. The van der Waals surface area contributed by atoms with Gasteiger partial charge in [0.05, 0.1) is 13.7 Å². The Hall–Kier alpha value is -3.67. The number of methoxy groups -OCH3 is 1. The first-order chi connectivity index (χ1) is 14.0. The third-order valence-corrected chi connectivity index (χ3v) is 3.94. The Morgan fingerprint density at radius 3 is 2.00 bits per heavy atom. The van der Waals surface area contributed by atoms with E-state index in [2.05, 4.69) is 0 Å². The summed E-state index contributed by atoms with van der Waals surface area (Å²) in [6.07, 6.45) is 0. The van der Waals surface area contributed by atoms with Crippen molar-refractivity contribution in [2.75, 3.05) is 13.7 Å². The SMILES string of the molecule is COc1ccc(F)c(CN(CC(N)=O)C(=O)c2ccccc2)c1.c1ccccc1. The van der Waals surface area contributed by atoms with Gasteiger partial charge < -0.3 is 15.4 Å². The van der Waals surface area contributed by atoms with Gasteiger partial charge in [-0.1, -0.05) is 54.6 Å². The highest BCUT2D eigenvalue weighted by atomic mass is 19.1. The lowest BCUT2D eigenvalue weighted by Gasteiger charge is -2.22. The molecule has 0 saturated heterocycles. The number of halogens is 1. The fourth-order valence-corrected chi connectivity index (χ4v) is 2.54. The average molecular weight is 394 g/mol. The van der Waals surface area contributed by atoms with Crippen molar-refractivity contribution >= 4 is 11.8 Å². The monoisotopic (exact) mass is 394 g/mol. The van der Waals surface area contributed by atoms with E-state index >= 15 is 0 Å². The first-order valence-corrected chi connectivity index (χ1v) is 8.96. The number of benzene rings is 3. The number of hydrogen-bond acceptors (Lipinski definition) is 3. The van der Waals surface area contributed by atoms with Crippen LogP contribution in [0.3, 0.4) is 0 Å². The Bertz CT molecular complexity index is 891. The van der Waals surface area contributed by atoms with Gasteiger partial charge in [0, 0.05) is 17.7 Å². The van der Waals surface area contributed by atoms with E-state index in [4.69, 9.17) is 10.5 Å². The number of hydrogen-bond donors (Lipinski definition) is 1. The summed E-state index contributed by atoms with van der Waals surface area (Å²) in [6, 6.07) is 24.7. The zero-order valence-corrected chi connectivity index (χ0v) is 16.1. The molecule has 2 amide bonds. The molecule has 3 aromatic carbocycles. The van der Waals surface area contributed by atoms with Gasteiger partial charge in [0.1, 0.15) is 11.6 Å². The number of amides is 2. The quantitative estimate of drug-likeness (QED) is 0.694. The second kappa shape index (κ2) is 11.2. The summed E-state index contributed by atoms with van der Waals surface area (Å²) in [5.74, 6) is -1.09. The maximum absolute atomic E-state index is 14.0. The number of nitrogens with zero attached hydrogens (tertiary/aromatic N) is 1. The number of ether oxygens (including phenoxy) is 1. The molecule has 29 heavy (non-hydrogen) atoms. The Morgan fingerprint density at radius 2 is 1.48 bits per heavy atom. The molecule has 150 valence electrons. The summed E-state index contributed by atoms with van der Waals surface area (Å²) in [5.41, 5.74) is 5.85. The van der Waals surface area contributed by atoms with E-state index in [0.717, 1.165) is 0 Å². The smallest absolute Gasteiger partial charge is 0.254 e. The molecule has 2 N–H and O–H groups in total. The molecule has 0 aliphatic carbocycles. The molecule has 6 heteroatoms. The Morgan fingerprint density at radius 1 is 0.931 bits per heavy atom. The lowest BCUT2D eigenvalue weighted by molar-refractivity contribution is -0.118. The molecule has 3 rings (SSSR count). The lowest BCUT2D eigenvalue weighted by Crippen LogP contribution is -2.38. The molecular formula is C23H23FN2O3. The highest BCUT2D eigenvalue weighted by Crippen LogP contribution is 2.19. The van der Waals surface area contributed by atoms with E-state index in [9.17, 15) is 14.0 Å². The van der Waals surface area contributed by atoms with Crippen molar-refractivity contribution in [3.05, 3.63) is 102 Å². The van der Waals surface area contributed by atoms with Gasteiger partial charge in [-0.3, -0.25) is 9.59 Å². The van der Waals surface area contributed by atoms with E-state index in [1.807, 2.05) is 36.4 Å². The van der Waals surface area contributed by atoms with Crippen molar-refractivity contribution in [1.29, 1.82) is 0 Å². The molecule has 0 radical (unpaired) electrons. The van der Waals surface area contributed by atoms with Crippen LogP contribution in [0.15, 0.2) is 84.9 Å². The van der Waals surface area contributed by atoms with Gasteiger partial charge in [-0.15, -0.1) is 0 Å². The van der Waals surface area contributed by atoms with Crippen molar-refractivity contribution in [3.8, 4) is 5.75 Å². The Balaban J connectivity index is 0.000000426. The molecule has 0 aliphatic rings. The van der Waals surface area contributed by atoms with Crippen LogP contribution >= 0.6 is 0 Å². The van der Waals surface area contributed by atoms with Crippen molar-refractivity contribution in [2.24, 2.45) is 5.73 Å². The van der Waals surface area contributed by atoms with Gasteiger partial charge in [-0.2, -0.15) is 0 Å². The molecule has 0 fully saturated rings. The topological polar surface area (TPSA) is 72.6 Å². The third kappa shape index (κ3) is 7.10. The van der Waals surface area contributed by atoms with Crippen LogP contribution in [0.2, 0.25) is 0 Å². The maximum atomic E-state index is 14.0. The lowest BCUT2D eigenvalue weighted by atomic mass is 10.1. The third-order valence-electron chi connectivity index (χ3n) is 3.94. The second-order valence-electron chi connectivity index (χ2n) is 6.11. The molecule has 0 saturated carbocycles. The number of nitrogens with two attached hydrogens (primary N) is 1. The average Bonchev–Trinajstić information content (AvgIpc) is 2.76. The zero-order chi connectivity index (χ0) is 21.1. The molecule has 0 spiro atoms. The van der Waals surface area contributed by atoms with Crippen molar-refractivity contribution in [2.45, 2.75) is 6.54 Å². The fourth-order valence-electron chi connectivity index (χ4n) is 2.54. The van der Waals surface area contributed by atoms with Crippen LogP contribution in [0.25, 0.3) is 0 Å². The fraction of sp³-hybridized carbons (Fsp3) is 0.130. The first kappa shape index (κ1) is 21.6. The van der Waals surface area contributed by atoms with Crippen LogP contribution < -0.4 is 10.5 Å². The molecule has 0 bridgehead atoms. The van der Waals surface area contributed by atoms with Crippen LogP contribution in [0.1, 0.15) is 15.9 Å². The van der Waals surface area contributed by atoms with Gasteiger partial charge in [0.15, 0.2) is 0 Å². The summed E-state index contributed by atoms with van der Waals surface area (Å²) < 4.78 is 19.0. The minimum absolute atomic E-state index is 0.0836. The summed E-state index contributed by atoms with van der Waals surface area (Å²) >= 11 is 0. The summed E-state index contributed by atoms with van der Waals surface area (Å²) in [5, 5.41) is 0. The molecule has 0 unspecified atom stereocenters. The molecule has 0 heterocycles. The van der Waals surface area contributed by atoms with Gasteiger partial charge >= 0.3 is 0 Å². The Labute approximate surface area is 169 Å². The van der Waals surface area contributed by atoms with Gasteiger partial charge in [-0.25, -0.2) is 4.39 Å². The molecule has 0 aliphatic heterocycles. The summed E-state index contributed by atoms with van der Waals surface area (Å²) in [4.78, 5) is 25.0. The van der Waals surface area contributed by atoms with Crippen LogP contribution in [0.5, 0.6) is 5.75 Å². The van der Waals surface area contributed by atoms with Gasteiger partial charge in [-0.05, 0) is 30.3 Å². The molecule has 0 atom stereocenters. The second-order valence-corrected chi connectivity index (χ2v) is 6.11. The van der Waals surface area contributed by atoms with Crippen LogP contribution in [0, 0.1) is 5.82 Å². The standard InChI is InChI=1S/C17H17FN2O3.C6H6/c1-23-14-7-8-15(18)13(9-14)10-20(11-16(19)21)17(22)12-5-3-2-4-6-12;1-2-4-6-5-3-1/h2-9H,10-11H2,1H3,(H2,19,21);1-6H. The maximum Gasteiger partial charge on any atom is 0.254 e. The summed E-state index contributed by atoms with van der Waals surface area (Å²) in [6.45, 7) is -0.385. The van der Waals surface area contributed by atoms with Crippen LogP contribution in [0.4, 0.5) is 4.39 Å². The molecule has 0 aromatic heterocycles.